The van der Waals surface area contributed by atoms with E-state index in [9.17, 15) is 4.79 Å². The fourth-order valence-corrected chi connectivity index (χ4v) is 3.24. The van der Waals surface area contributed by atoms with Crippen LogP contribution in [0.4, 0.5) is 0 Å². The van der Waals surface area contributed by atoms with Crippen molar-refractivity contribution in [3.63, 3.8) is 0 Å². The van der Waals surface area contributed by atoms with Gasteiger partial charge in [0.15, 0.2) is 11.7 Å². The number of carbonyl (C=O) groups excluding carboxylic acids is 1. The van der Waals surface area contributed by atoms with Gasteiger partial charge in [-0.2, -0.15) is 0 Å². The van der Waals surface area contributed by atoms with E-state index in [1.807, 2.05) is 48.3 Å². The Morgan fingerprint density at radius 3 is 2.59 bits per heavy atom. The number of aromatic nitrogens is 1. The quantitative estimate of drug-likeness (QED) is 0.558. The van der Waals surface area contributed by atoms with Gasteiger partial charge in [0.05, 0.1) is 13.3 Å². The van der Waals surface area contributed by atoms with E-state index < -0.39 is 0 Å². The molecular formula is C24H28N2O3. The Balaban J connectivity index is 1.54. The van der Waals surface area contributed by atoms with Gasteiger partial charge in [0, 0.05) is 31.5 Å². The standard InChI is InChI=1S/C24H28N2O3/c1-17-7-5-6-8-20(17)15-18(2)26(3)24(27)14-13-23-25-16-22(29-23)19-9-11-21(28-4)12-10-19/h5-12,16,18H,13-15H2,1-4H3/t18-/m0/s1. The summed E-state index contributed by atoms with van der Waals surface area (Å²) in [5, 5.41) is 0. The van der Waals surface area contributed by atoms with E-state index in [2.05, 4.69) is 31.0 Å². The van der Waals surface area contributed by atoms with E-state index in [4.69, 9.17) is 9.15 Å². The summed E-state index contributed by atoms with van der Waals surface area (Å²) >= 11 is 0. The average Bonchev–Trinajstić information content (AvgIpc) is 3.22. The van der Waals surface area contributed by atoms with E-state index in [1.54, 1.807) is 13.3 Å². The highest BCUT2D eigenvalue weighted by Crippen LogP contribution is 2.23. The summed E-state index contributed by atoms with van der Waals surface area (Å²) in [6.07, 6.45) is 3.40. The number of rotatable bonds is 8. The number of oxazole rings is 1. The number of likely N-dealkylation sites (N-methyl/N-ethyl adjacent to an activating group) is 1. The van der Waals surface area contributed by atoms with Gasteiger partial charge in [0.1, 0.15) is 5.75 Å². The van der Waals surface area contributed by atoms with Crippen LogP contribution in [0.3, 0.4) is 0 Å². The van der Waals surface area contributed by atoms with Crippen molar-refractivity contribution in [2.24, 2.45) is 0 Å². The van der Waals surface area contributed by atoms with Crippen LogP contribution in [-0.4, -0.2) is 36.0 Å². The largest absolute Gasteiger partial charge is 0.497 e. The van der Waals surface area contributed by atoms with Crippen LogP contribution in [0.15, 0.2) is 59.1 Å². The third-order valence-electron chi connectivity index (χ3n) is 5.31. The molecule has 0 saturated heterocycles. The number of benzene rings is 2. The first-order chi connectivity index (χ1) is 14.0. The molecule has 0 aliphatic heterocycles. The third-order valence-corrected chi connectivity index (χ3v) is 5.31. The molecule has 0 bridgehead atoms. The van der Waals surface area contributed by atoms with E-state index in [1.165, 1.54) is 11.1 Å². The molecule has 3 rings (SSSR count). The van der Waals surface area contributed by atoms with Crippen molar-refractivity contribution in [3.8, 4) is 17.1 Å². The minimum absolute atomic E-state index is 0.0929. The number of hydrogen-bond donors (Lipinski definition) is 0. The smallest absolute Gasteiger partial charge is 0.223 e. The molecule has 1 heterocycles. The van der Waals surface area contributed by atoms with Gasteiger partial charge >= 0.3 is 0 Å². The van der Waals surface area contributed by atoms with Crippen molar-refractivity contribution in [2.45, 2.75) is 39.2 Å². The number of ether oxygens (including phenoxy) is 1. The molecule has 5 nitrogen and oxygen atoms in total. The first-order valence-electron chi connectivity index (χ1n) is 9.87. The number of hydrogen-bond acceptors (Lipinski definition) is 4. The molecule has 0 saturated carbocycles. The number of methoxy groups -OCH3 is 1. The summed E-state index contributed by atoms with van der Waals surface area (Å²) in [5.74, 6) is 2.15. The van der Waals surface area contributed by atoms with Gasteiger partial charge in [0.2, 0.25) is 5.91 Å². The summed E-state index contributed by atoms with van der Waals surface area (Å²) in [4.78, 5) is 18.8. The molecular weight excluding hydrogens is 364 g/mol. The number of amides is 1. The van der Waals surface area contributed by atoms with E-state index >= 15 is 0 Å². The van der Waals surface area contributed by atoms with Gasteiger partial charge in [-0.05, 0) is 55.7 Å². The van der Waals surface area contributed by atoms with Crippen LogP contribution in [0.2, 0.25) is 0 Å². The molecule has 1 atom stereocenters. The summed E-state index contributed by atoms with van der Waals surface area (Å²) in [7, 11) is 3.50. The minimum Gasteiger partial charge on any atom is -0.497 e. The molecule has 0 unspecified atom stereocenters. The normalized spacial score (nSPS) is 11.9. The molecule has 0 radical (unpaired) electrons. The van der Waals surface area contributed by atoms with Crippen molar-refractivity contribution >= 4 is 5.91 Å². The highest BCUT2D eigenvalue weighted by Gasteiger charge is 2.18. The Hall–Kier alpha value is -3.08. The van der Waals surface area contributed by atoms with E-state index in [0.717, 1.165) is 17.7 Å². The van der Waals surface area contributed by atoms with Crippen LogP contribution in [0.25, 0.3) is 11.3 Å². The van der Waals surface area contributed by atoms with E-state index in [-0.39, 0.29) is 11.9 Å². The molecule has 3 aromatic rings. The second kappa shape index (κ2) is 9.41. The molecule has 0 spiro atoms. The fraction of sp³-hybridized carbons (Fsp3) is 0.333. The molecule has 152 valence electrons. The van der Waals surface area contributed by atoms with Crippen LogP contribution in [0, 0.1) is 6.92 Å². The van der Waals surface area contributed by atoms with Crippen LogP contribution in [0.5, 0.6) is 5.75 Å². The lowest BCUT2D eigenvalue weighted by molar-refractivity contribution is -0.131. The Bertz CT molecular complexity index is 947. The first kappa shape index (κ1) is 20.6. The van der Waals surface area contributed by atoms with Crippen molar-refractivity contribution in [1.29, 1.82) is 0 Å². The highest BCUT2D eigenvalue weighted by molar-refractivity contribution is 5.76. The number of carbonyl (C=O) groups is 1. The van der Waals surface area contributed by atoms with Crippen LogP contribution in [-0.2, 0) is 17.6 Å². The molecule has 1 amide bonds. The second-order valence-electron chi connectivity index (χ2n) is 7.33. The number of aryl methyl sites for hydroxylation is 2. The van der Waals surface area contributed by atoms with Crippen LogP contribution >= 0.6 is 0 Å². The summed E-state index contributed by atoms with van der Waals surface area (Å²) in [6.45, 7) is 4.18. The minimum atomic E-state index is 0.0929. The average molecular weight is 392 g/mol. The predicted octanol–water partition coefficient (Wildman–Crippen LogP) is 4.68. The number of nitrogens with zero attached hydrogens (tertiary/aromatic N) is 2. The second-order valence-corrected chi connectivity index (χ2v) is 7.33. The Kier molecular flexibility index (Phi) is 6.70. The van der Waals surface area contributed by atoms with Gasteiger partial charge in [-0.1, -0.05) is 24.3 Å². The topological polar surface area (TPSA) is 55.6 Å². The summed E-state index contributed by atoms with van der Waals surface area (Å²) in [5.41, 5.74) is 3.46. The van der Waals surface area contributed by atoms with Crippen molar-refractivity contribution in [2.75, 3.05) is 14.2 Å². The maximum atomic E-state index is 12.6. The summed E-state index contributed by atoms with van der Waals surface area (Å²) < 4.78 is 11.0. The zero-order valence-corrected chi connectivity index (χ0v) is 17.5. The molecule has 5 heteroatoms. The molecule has 0 N–H and O–H groups in total. The van der Waals surface area contributed by atoms with Gasteiger partial charge in [-0.25, -0.2) is 4.98 Å². The monoisotopic (exact) mass is 392 g/mol. The lowest BCUT2D eigenvalue weighted by Gasteiger charge is -2.25. The van der Waals surface area contributed by atoms with Gasteiger partial charge in [-0.3, -0.25) is 4.79 Å². The maximum Gasteiger partial charge on any atom is 0.223 e. The van der Waals surface area contributed by atoms with Crippen molar-refractivity contribution < 1.29 is 13.9 Å². The first-order valence-corrected chi connectivity index (χ1v) is 9.87. The van der Waals surface area contributed by atoms with Crippen molar-refractivity contribution in [3.05, 3.63) is 71.7 Å². The van der Waals surface area contributed by atoms with E-state index in [0.29, 0.717) is 24.5 Å². The Morgan fingerprint density at radius 2 is 1.90 bits per heavy atom. The molecule has 1 aromatic heterocycles. The Labute approximate surface area is 172 Å². The SMILES string of the molecule is COc1ccc(-c2cnc(CCC(=O)N(C)[C@@H](C)Cc3ccccc3C)o2)cc1. The van der Waals surface area contributed by atoms with Crippen LogP contribution in [0.1, 0.15) is 30.4 Å². The van der Waals surface area contributed by atoms with Crippen LogP contribution < -0.4 is 4.74 Å². The van der Waals surface area contributed by atoms with Gasteiger partial charge in [0.25, 0.3) is 0 Å². The maximum absolute atomic E-state index is 12.6. The highest BCUT2D eigenvalue weighted by atomic mass is 16.5. The predicted molar refractivity (Wildman–Crippen MR) is 114 cm³/mol. The molecule has 0 aliphatic carbocycles. The lowest BCUT2D eigenvalue weighted by atomic mass is 10.0. The molecule has 2 aromatic carbocycles. The van der Waals surface area contributed by atoms with Crippen molar-refractivity contribution in [1.82, 2.24) is 9.88 Å². The fourth-order valence-electron chi connectivity index (χ4n) is 3.24. The Morgan fingerprint density at radius 1 is 1.17 bits per heavy atom. The molecule has 0 fully saturated rings. The zero-order valence-electron chi connectivity index (χ0n) is 17.5. The van der Waals surface area contributed by atoms with Gasteiger partial charge < -0.3 is 14.1 Å². The zero-order chi connectivity index (χ0) is 20.8. The van der Waals surface area contributed by atoms with Gasteiger partial charge in [-0.15, -0.1) is 0 Å². The summed E-state index contributed by atoms with van der Waals surface area (Å²) in [6, 6.07) is 16.0. The molecule has 0 aliphatic rings. The lowest BCUT2D eigenvalue weighted by Crippen LogP contribution is -2.36. The molecule has 29 heavy (non-hydrogen) atoms. The third kappa shape index (κ3) is 5.25.